The lowest BCUT2D eigenvalue weighted by Crippen LogP contribution is -2.39. The van der Waals surface area contributed by atoms with Gasteiger partial charge < -0.3 is 15.4 Å². The minimum absolute atomic E-state index is 0.620. The van der Waals surface area contributed by atoms with Gasteiger partial charge in [0.05, 0.1) is 24.8 Å². The number of aromatic nitrogens is 4. The van der Waals surface area contributed by atoms with Gasteiger partial charge in [-0.05, 0) is 5.56 Å². The number of benzene rings is 1. The van der Waals surface area contributed by atoms with Crippen LogP contribution in [0.2, 0.25) is 0 Å². The number of nitrogens with one attached hydrogen (secondary N) is 2. The number of fused-ring (bicyclic) bond motifs is 1. The fraction of sp³-hybridized carbons (Fsp3) is 0.421. The number of ether oxygens (including phenoxy) is 1. The van der Waals surface area contributed by atoms with E-state index in [2.05, 4.69) is 42.7 Å². The van der Waals surface area contributed by atoms with Crippen molar-refractivity contribution >= 4 is 22.8 Å². The van der Waals surface area contributed by atoms with Crippen LogP contribution in [-0.2, 0) is 18.3 Å². The highest BCUT2D eigenvalue weighted by molar-refractivity contribution is 5.87. The molecule has 8 heteroatoms. The lowest BCUT2D eigenvalue weighted by Gasteiger charge is -2.26. The van der Waals surface area contributed by atoms with Gasteiger partial charge in [-0.25, -0.2) is 0 Å². The molecule has 2 aromatic heterocycles. The maximum Gasteiger partial charge on any atom is 0.226 e. The summed E-state index contributed by atoms with van der Waals surface area (Å²) in [6.45, 7) is 6.02. The third kappa shape index (κ3) is 4.35. The summed E-state index contributed by atoms with van der Waals surface area (Å²) in [5.74, 6) is 1.42. The summed E-state index contributed by atoms with van der Waals surface area (Å²) in [6.07, 6.45) is 1.81. The minimum Gasteiger partial charge on any atom is -0.379 e. The summed E-state index contributed by atoms with van der Waals surface area (Å²) in [7, 11) is 1.90. The van der Waals surface area contributed by atoms with Crippen molar-refractivity contribution in [2.75, 3.05) is 50.0 Å². The molecule has 3 aromatic rings. The van der Waals surface area contributed by atoms with Crippen molar-refractivity contribution in [3.05, 3.63) is 42.1 Å². The molecule has 0 atom stereocenters. The van der Waals surface area contributed by atoms with Crippen LogP contribution in [0.4, 0.5) is 11.8 Å². The summed E-state index contributed by atoms with van der Waals surface area (Å²) in [6, 6.07) is 10.3. The van der Waals surface area contributed by atoms with E-state index in [0.717, 1.165) is 56.2 Å². The van der Waals surface area contributed by atoms with Crippen LogP contribution in [0.1, 0.15) is 5.56 Å². The molecule has 1 aliphatic rings. The Morgan fingerprint density at radius 3 is 2.70 bits per heavy atom. The van der Waals surface area contributed by atoms with Gasteiger partial charge in [0.2, 0.25) is 5.95 Å². The molecule has 1 aliphatic heterocycles. The summed E-state index contributed by atoms with van der Waals surface area (Å²) in [5, 5.41) is 12.0. The van der Waals surface area contributed by atoms with Crippen molar-refractivity contribution < 1.29 is 4.74 Å². The van der Waals surface area contributed by atoms with E-state index >= 15 is 0 Å². The van der Waals surface area contributed by atoms with Crippen LogP contribution in [0.15, 0.2) is 36.5 Å². The third-order valence-corrected chi connectivity index (χ3v) is 4.71. The summed E-state index contributed by atoms with van der Waals surface area (Å²) >= 11 is 0. The molecule has 0 radical (unpaired) electrons. The molecule has 142 valence electrons. The summed E-state index contributed by atoms with van der Waals surface area (Å²) in [4.78, 5) is 11.7. The van der Waals surface area contributed by atoms with Gasteiger partial charge in [0, 0.05) is 39.8 Å². The molecule has 2 N–H and O–H groups in total. The summed E-state index contributed by atoms with van der Waals surface area (Å²) in [5.41, 5.74) is 2.02. The molecule has 0 bridgehead atoms. The highest BCUT2D eigenvalue weighted by Gasteiger charge is 2.13. The van der Waals surface area contributed by atoms with Crippen molar-refractivity contribution in [2.24, 2.45) is 7.05 Å². The first kappa shape index (κ1) is 17.7. The van der Waals surface area contributed by atoms with Crippen LogP contribution in [-0.4, -0.2) is 64.0 Å². The molecule has 0 spiro atoms. The third-order valence-electron chi connectivity index (χ3n) is 4.71. The zero-order valence-corrected chi connectivity index (χ0v) is 15.6. The molecule has 8 nitrogen and oxygen atoms in total. The number of anilines is 2. The quantitative estimate of drug-likeness (QED) is 0.658. The van der Waals surface area contributed by atoms with Crippen molar-refractivity contribution in [1.29, 1.82) is 0 Å². The van der Waals surface area contributed by atoms with E-state index in [1.807, 2.05) is 25.2 Å². The Labute approximate surface area is 158 Å². The van der Waals surface area contributed by atoms with E-state index in [9.17, 15) is 0 Å². The van der Waals surface area contributed by atoms with E-state index in [-0.39, 0.29) is 0 Å². The van der Waals surface area contributed by atoms with Gasteiger partial charge in [0.1, 0.15) is 5.82 Å². The predicted molar refractivity (Wildman–Crippen MR) is 106 cm³/mol. The smallest absolute Gasteiger partial charge is 0.226 e. The molecule has 0 unspecified atom stereocenters. The monoisotopic (exact) mass is 367 g/mol. The SMILES string of the molecule is Cn1ncc2c(NCc3ccccc3)nc(NCCN3CCOCC3)nc21. The fourth-order valence-corrected chi connectivity index (χ4v) is 3.17. The Kier molecular flexibility index (Phi) is 5.45. The molecule has 1 aromatic carbocycles. The van der Waals surface area contributed by atoms with Crippen LogP contribution in [0.3, 0.4) is 0 Å². The topological polar surface area (TPSA) is 80.1 Å². The average molecular weight is 367 g/mol. The Morgan fingerprint density at radius 1 is 1.07 bits per heavy atom. The molecule has 0 saturated carbocycles. The maximum atomic E-state index is 5.39. The van der Waals surface area contributed by atoms with Crippen LogP contribution in [0.25, 0.3) is 11.0 Å². The first-order chi connectivity index (χ1) is 13.3. The molecular formula is C19H25N7O. The molecule has 1 saturated heterocycles. The Hall–Kier alpha value is -2.71. The van der Waals surface area contributed by atoms with Crippen molar-refractivity contribution in [1.82, 2.24) is 24.6 Å². The van der Waals surface area contributed by atoms with Crippen molar-refractivity contribution in [3.8, 4) is 0 Å². The Balaban J connectivity index is 1.46. The van der Waals surface area contributed by atoms with E-state index in [0.29, 0.717) is 12.5 Å². The number of rotatable bonds is 7. The number of hydrogen-bond acceptors (Lipinski definition) is 7. The number of morpholine rings is 1. The van der Waals surface area contributed by atoms with Crippen LogP contribution in [0, 0.1) is 0 Å². The highest BCUT2D eigenvalue weighted by atomic mass is 16.5. The lowest BCUT2D eigenvalue weighted by molar-refractivity contribution is 0.0398. The average Bonchev–Trinajstić information content (AvgIpc) is 3.09. The first-order valence-corrected chi connectivity index (χ1v) is 9.31. The molecule has 1 fully saturated rings. The zero-order chi connectivity index (χ0) is 18.5. The highest BCUT2D eigenvalue weighted by Crippen LogP contribution is 2.22. The van der Waals surface area contributed by atoms with E-state index < -0.39 is 0 Å². The maximum absolute atomic E-state index is 5.39. The van der Waals surface area contributed by atoms with Gasteiger partial charge in [-0.1, -0.05) is 30.3 Å². The van der Waals surface area contributed by atoms with E-state index in [1.54, 1.807) is 10.9 Å². The van der Waals surface area contributed by atoms with Crippen molar-refractivity contribution in [2.45, 2.75) is 6.54 Å². The molecule has 0 aliphatic carbocycles. The van der Waals surface area contributed by atoms with Gasteiger partial charge in [0.25, 0.3) is 0 Å². The van der Waals surface area contributed by atoms with Crippen molar-refractivity contribution in [3.63, 3.8) is 0 Å². The van der Waals surface area contributed by atoms with Gasteiger partial charge in [-0.2, -0.15) is 15.1 Å². The molecule has 0 amide bonds. The molecular weight excluding hydrogens is 342 g/mol. The number of aryl methyl sites for hydroxylation is 1. The fourth-order valence-electron chi connectivity index (χ4n) is 3.17. The van der Waals surface area contributed by atoms with Crippen LogP contribution < -0.4 is 10.6 Å². The molecule has 4 rings (SSSR count). The van der Waals surface area contributed by atoms with E-state index in [4.69, 9.17) is 4.74 Å². The van der Waals surface area contributed by atoms with Crippen LogP contribution in [0.5, 0.6) is 0 Å². The summed E-state index contributed by atoms with van der Waals surface area (Å²) < 4.78 is 7.17. The number of hydrogen-bond donors (Lipinski definition) is 2. The second-order valence-electron chi connectivity index (χ2n) is 6.62. The Morgan fingerprint density at radius 2 is 1.89 bits per heavy atom. The normalized spacial score (nSPS) is 15.1. The Bertz CT molecular complexity index is 874. The largest absolute Gasteiger partial charge is 0.379 e. The minimum atomic E-state index is 0.620. The molecule has 3 heterocycles. The molecule has 27 heavy (non-hydrogen) atoms. The van der Waals surface area contributed by atoms with Gasteiger partial charge >= 0.3 is 0 Å². The van der Waals surface area contributed by atoms with Gasteiger partial charge in [-0.3, -0.25) is 9.58 Å². The number of nitrogens with zero attached hydrogens (tertiary/aromatic N) is 5. The second kappa shape index (κ2) is 8.32. The zero-order valence-electron chi connectivity index (χ0n) is 15.6. The van der Waals surface area contributed by atoms with Gasteiger partial charge in [0.15, 0.2) is 5.65 Å². The van der Waals surface area contributed by atoms with Crippen LogP contribution >= 0.6 is 0 Å². The first-order valence-electron chi connectivity index (χ1n) is 9.31. The van der Waals surface area contributed by atoms with Gasteiger partial charge in [-0.15, -0.1) is 0 Å². The lowest BCUT2D eigenvalue weighted by atomic mass is 10.2. The standard InChI is InChI=1S/C19H25N7O/c1-25-18-16(14-22-25)17(21-13-15-5-3-2-4-6-15)23-19(24-18)20-7-8-26-9-11-27-12-10-26/h2-6,14H,7-13H2,1H3,(H2,20,21,23,24). The predicted octanol–water partition coefficient (Wildman–Crippen LogP) is 1.72. The van der Waals surface area contributed by atoms with E-state index in [1.165, 1.54) is 5.56 Å². The second-order valence-corrected chi connectivity index (χ2v) is 6.62.